The maximum Gasteiger partial charge on any atom is 0.233 e. The van der Waals surface area contributed by atoms with Crippen LogP contribution >= 0.6 is 0 Å². The summed E-state index contributed by atoms with van der Waals surface area (Å²) in [6, 6.07) is 12.6. The summed E-state index contributed by atoms with van der Waals surface area (Å²) in [5.74, 6) is 1.04. The number of carbonyl (C=O) groups is 1. The highest BCUT2D eigenvalue weighted by molar-refractivity contribution is 6.01. The van der Waals surface area contributed by atoms with Crippen molar-refractivity contribution in [1.29, 1.82) is 0 Å². The zero-order valence-electron chi connectivity index (χ0n) is 14.3. The lowest BCUT2D eigenvalue weighted by Gasteiger charge is -2.35. The Morgan fingerprint density at radius 1 is 1.08 bits per heavy atom. The highest BCUT2D eigenvalue weighted by atomic mass is 16.1. The van der Waals surface area contributed by atoms with Gasteiger partial charge in [0, 0.05) is 38.6 Å². The molecule has 1 N–H and O–H groups in total. The Labute approximate surface area is 146 Å². The maximum atomic E-state index is 11.5. The summed E-state index contributed by atoms with van der Waals surface area (Å²) in [5, 5.41) is 6.15. The number of hydrogen-bond acceptors (Lipinski definition) is 5. The van der Waals surface area contributed by atoms with Crippen molar-refractivity contribution in [2.45, 2.75) is 0 Å². The van der Waals surface area contributed by atoms with Gasteiger partial charge in [-0.25, -0.2) is 9.97 Å². The number of piperazine rings is 1. The minimum atomic E-state index is 0.0624. The van der Waals surface area contributed by atoms with E-state index >= 15 is 0 Å². The summed E-state index contributed by atoms with van der Waals surface area (Å²) in [4.78, 5) is 25.0. The van der Waals surface area contributed by atoms with E-state index in [1.54, 1.807) is 13.4 Å². The Hall–Kier alpha value is -2.73. The van der Waals surface area contributed by atoms with Crippen molar-refractivity contribution in [3.63, 3.8) is 0 Å². The van der Waals surface area contributed by atoms with Gasteiger partial charge >= 0.3 is 0 Å². The van der Waals surface area contributed by atoms with E-state index in [2.05, 4.69) is 55.4 Å². The van der Waals surface area contributed by atoms with E-state index in [4.69, 9.17) is 0 Å². The molecule has 6 heteroatoms. The van der Waals surface area contributed by atoms with Gasteiger partial charge in [0.05, 0.1) is 12.1 Å². The number of nitrogens with zero attached hydrogens (tertiary/aromatic N) is 4. The van der Waals surface area contributed by atoms with Gasteiger partial charge in [-0.05, 0) is 22.9 Å². The van der Waals surface area contributed by atoms with Crippen molar-refractivity contribution in [1.82, 2.24) is 20.2 Å². The first kappa shape index (κ1) is 15.8. The van der Waals surface area contributed by atoms with Crippen LogP contribution in [0.3, 0.4) is 0 Å². The molecule has 1 aromatic heterocycles. The van der Waals surface area contributed by atoms with Gasteiger partial charge in [-0.3, -0.25) is 9.69 Å². The van der Waals surface area contributed by atoms with E-state index in [-0.39, 0.29) is 5.91 Å². The van der Waals surface area contributed by atoms with Gasteiger partial charge in [-0.15, -0.1) is 0 Å². The SMILES string of the molecule is CNC(=O)CN1CCN(c2ncnc3cc4ccccc4cc23)CC1. The number of fused-ring (bicyclic) bond motifs is 2. The second kappa shape index (κ2) is 6.64. The van der Waals surface area contributed by atoms with E-state index in [0.717, 1.165) is 42.9 Å². The number of nitrogens with one attached hydrogen (secondary N) is 1. The number of anilines is 1. The van der Waals surface area contributed by atoms with Crippen LogP contribution in [-0.4, -0.2) is 60.5 Å². The van der Waals surface area contributed by atoms with Gasteiger partial charge in [-0.2, -0.15) is 0 Å². The zero-order valence-corrected chi connectivity index (χ0v) is 14.3. The van der Waals surface area contributed by atoms with E-state index in [9.17, 15) is 4.79 Å². The first-order valence-electron chi connectivity index (χ1n) is 8.56. The fourth-order valence-electron chi connectivity index (χ4n) is 3.38. The Morgan fingerprint density at radius 3 is 2.52 bits per heavy atom. The molecule has 128 valence electrons. The van der Waals surface area contributed by atoms with Gasteiger partial charge in [-0.1, -0.05) is 24.3 Å². The molecule has 0 radical (unpaired) electrons. The average Bonchev–Trinajstić information content (AvgIpc) is 2.66. The molecule has 1 aliphatic rings. The van der Waals surface area contributed by atoms with Crippen LogP contribution in [0.25, 0.3) is 21.7 Å². The number of amides is 1. The molecule has 0 atom stereocenters. The smallest absolute Gasteiger partial charge is 0.233 e. The Kier molecular flexibility index (Phi) is 4.19. The normalized spacial score (nSPS) is 15.6. The molecular weight excluding hydrogens is 314 g/mol. The Balaban J connectivity index is 1.61. The van der Waals surface area contributed by atoms with Crippen molar-refractivity contribution >= 4 is 33.4 Å². The standard InChI is InChI=1S/C19H21N5O/c1-20-18(25)12-23-6-8-24(9-7-23)19-16-10-14-4-2-3-5-15(14)11-17(16)21-13-22-19/h2-5,10-11,13H,6-9,12H2,1H3,(H,20,25). The molecule has 0 bridgehead atoms. The molecule has 2 aromatic carbocycles. The highest BCUT2D eigenvalue weighted by Gasteiger charge is 2.21. The van der Waals surface area contributed by atoms with Crippen LogP contribution in [0, 0.1) is 0 Å². The predicted molar refractivity (Wildman–Crippen MR) is 99.8 cm³/mol. The van der Waals surface area contributed by atoms with Crippen LogP contribution < -0.4 is 10.2 Å². The van der Waals surface area contributed by atoms with E-state index in [0.29, 0.717) is 6.54 Å². The monoisotopic (exact) mass is 335 g/mol. The van der Waals surface area contributed by atoms with Gasteiger partial charge < -0.3 is 10.2 Å². The third-order valence-corrected chi connectivity index (χ3v) is 4.80. The van der Waals surface area contributed by atoms with Crippen molar-refractivity contribution in [2.24, 2.45) is 0 Å². The summed E-state index contributed by atoms with van der Waals surface area (Å²) < 4.78 is 0. The van der Waals surface area contributed by atoms with Crippen LogP contribution in [0.4, 0.5) is 5.82 Å². The summed E-state index contributed by atoms with van der Waals surface area (Å²) in [5.41, 5.74) is 0.969. The minimum absolute atomic E-state index is 0.0624. The molecule has 1 saturated heterocycles. The molecule has 0 saturated carbocycles. The fraction of sp³-hybridized carbons (Fsp3) is 0.316. The van der Waals surface area contributed by atoms with Crippen LogP contribution in [0.1, 0.15) is 0 Å². The molecule has 0 unspecified atom stereocenters. The Bertz CT molecular complexity index is 918. The minimum Gasteiger partial charge on any atom is -0.358 e. The second-order valence-electron chi connectivity index (χ2n) is 6.35. The van der Waals surface area contributed by atoms with Gasteiger partial charge in [0.15, 0.2) is 0 Å². The third-order valence-electron chi connectivity index (χ3n) is 4.80. The molecule has 1 amide bonds. The van der Waals surface area contributed by atoms with Crippen molar-refractivity contribution in [3.8, 4) is 0 Å². The number of hydrogen-bond donors (Lipinski definition) is 1. The second-order valence-corrected chi connectivity index (χ2v) is 6.35. The van der Waals surface area contributed by atoms with Crippen LogP contribution in [-0.2, 0) is 4.79 Å². The van der Waals surface area contributed by atoms with Crippen LogP contribution in [0.5, 0.6) is 0 Å². The third kappa shape index (κ3) is 3.13. The lowest BCUT2D eigenvalue weighted by Crippen LogP contribution is -2.49. The largest absolute Gasteiger partial charge is 0.358 e. The first-order chi connectivity index (χ1) is 12.2. The Morgan fingerprint density at radius 2 is 1.80 bits per heavy atom. The number of carbonyl (C=O) groups excluding carboxylic acids is 1. The lowest BCUT2D eigenvalue weighted by molar-refractivity contribution is -0.121. The number of benzene rings is 2. The molecule has 1 fully saturated rings. The molecule has 4 rings (SSSR count). The summed E-state index contributed by atoms with van der Waals surface area (Å²) in [6.07, 6.45) is 1.64. The summed E-state index contributed by atoms with van der Waals surface area (Å²) >= 11 is 0. The molecule has 1 aliphatic heterocycles. The maximum absolute atomic E-state index is 11.5. The highest BCUT2D eigenvalue weighted by Crippen LogP contribution is 2.28. The molecule has 0 spiro atoms. The van der Waals surface area contributed by atoms with Gasteiger partial charge in [0.1, 0.15) is 12.1 Å². The molecule has 2 heterocycles. The van der Waals surface area contributed by atoms with Crippen molar-refractivity contribution in [2.75, 3.05) is 44.7 Å². The molecular formula is C19H21N5O. The van der Waals surface area contributed by atoms with E-state index in [1.165, 1.54) is 10.8 Å². The van der Waals surface area contributed by atoms with E-state index < -0.39 is 0 Å². The fourth-order valence-corrected chi connectivity index (χ4v) is 3.38. The molecule has 0 aliphatic carbocycles. The van der Waals surface area contributed by atoms with Crippen molar-refractivity contribution < 1.29 is 4.79 Å². The predicted octanol–water partition coefficient (Wildman–Crippen LogP) is 1.65. The number of rotatable bonds is 3. The van der Waals surface area contributed by atoms with Gasteiger partial charge in [0.25, 0.3) is 0 Å². The quantitative estimate of drug-likeness (QED) is 0.738. The van der Waals surface area contributed by atoms with Gasteiger partial charge in [0.2, 0.25) is 5.91 Å². The molecule has 3 aromatic rings. The molecule has 25 heavy (non-hydrogen) atoms. The lowest BCUT2D eigenvalue weighted by atomic mass is 10.1. The first-order valence-corrected chi connectivity index (χ1v) is 8.56. The summed E-state index contributed by atoms with van der Waals surface area (Å²) in [7, 11) is 1.68. The average molecular weight is 335 g/mol. The van der Waals surface area contributed by atoms with E-state index in [1.807, 2.05) is 6.07 Å². The number of likely N-dealkylation sites (N-methyl/N-ethyl adjacent to an activating group) is 1. The zero-order chi connectivity index (χ0) is 17.2. The van der Waals surface area contributed by atoms with Crippen LogP contribution in [0.15, 0.2) is 42.7 Å². The molecule has 6 nitrogen and oxygen atoms in total. The topological polar surface area (TPSA) is 61.4 Å². The number of aromatic nitrogens is 2. The van der Waals surface area contributed by atoms with Crippen molar-refractivity contribution in [3.05, 3.63) is 42.7 Å². The van der Waals surface area contributed by atoms with Crippen LogP contribution in [0.2, 0.25) is 0 Å². The summed E-state index contributed by atoms with van der Waals surface area (Å²) in [6.45, 7) is 3.88.